The van der Waals surface area contributed by atoms with Crippen LogP contribution in [0.1, 0.15) is 60.9 Å². The molecule has 1 fully saturated rings. The number of benzene rings is 1. The van der Waals surface area contributed by atoms with Crippen LogP contribution < -0.4 is 20.5 Å². The van der Waals surface area contributed by atoms with Crippen LogP contribution in [-0.4, -0.2) is 48.5 Å². The van der Waals surface area contributed by atoms with Gasteiger partial charge in [0.2, 0.25) is 11.5 Å². The molecule has 0 unspecified atom stereocenters. The normalized spacial score (nSPS) is 14.4. The molecule has 1 aliphatic rings. The van der Waals surface area contributed by atoms with Gasteiger partial charge in [-0.1, -0.05) is 25.7 Å². The summed E-state index contributed by atoms with van der Waals surface area (Å²) >= 11 is 0. The third kappa shape index (κ3) is 10.6. The van der Waals surface area contributed by atoms with Crippen molar-refractivity contribution in [2.45, 2.75) is 64.0 Å². The maximum absolute atomic E-state index is 13.6. The first-order valence-electron chi connectivity index (χ1n) is 14.7. The number of H-pyrrole nitrogens is 1. The second-order valence-electron chi connectivity index (χ2n) is 11.4. The molecule has 252 valence electrons. The number of ether oxygens (including phenoxy) is 1. The molecule has 0 saturated heterocycles. The predicted octanol–water partition coefficient (Wildman–Crippen LogP) is 6.22. The number of hydrogen-bond donors (Lipinski definition) is 2. The van der Waals surface area contributed by atoms with Gasteiger partial charge >= 0.3 is 12.4 Å². The fourth-order valence-electron chi connectivity index (χ4n) is 5.39. The Kier molecular flexibility index (Phi) is 11.2. The van der Waals surface area contributed by atoms with Gasteiger partial charge in [-0.15, -0.1) is 0 Å². The molecule has 2 aromatic heterocycles. The van der Waals surface area contributed by atoms with Crippen LogP contribution in [0.5, 0.6) is 5.75 Å². The summed E-state index contributed by atoms with van der Waals surface area (Å²) in [4.78, 5) is 24.9. The number of nitrogens with one attached hydrogen (secondary N) is 2. The predicted molar refractivity (Wildman–Crippen MR) is 160 cm³/mol. The van der Waals surface area contributed by atoms with Crippen LogP contribution in [0.2, 0.25) is 0 Å². The molecule has 0 radical (unpaired) electrons. The number of aromatic amines is 1. The van der Waals surface area contributed by atoms with Crippen LogP contribution >= 0.6 is 0 Å². The monoisotopic (exact) mass is 675 g/mol. The minimum absolute atomic E-state index is 0.0325. The highest BCUT2D eigenvalue weighted by atomic mass is 32.2. The van der Waals surface area contributed by atoms with Gasteiger partial charge in [0.15, 0.2) is 15.6 Å². The van der Waals surface area contributed by atoms with Crippen LogP contribution in [0.15, 0.2) is 47.5 Å². The molecule has 4 rings (SSSR count). The van der Waals surface area contributed by atoms with Gasteiger partial charge in [0.1, 0.15) is 6.61 Å². The highest BCUT2D eigenvalue weighted by Crippen LogP contribution is 2.37. The Labute approximate surface area is 262 Å². The second kappa shape index (κ2) is 14.7. The van der Waals surface area contributed by atoms with Crippen molar-refractivity contribution < 1.29 is 39.5 Å². The Hall–Kier alpha value is -3.82. The topological polar surface area (TPSA) is 117 Å². The lowest BCUT2D eigenvalue weighted by molar-refractivity contribution is -0.143. The zero-order valence-corrected chi connectivity index (χ0v) is 25.9. The first-order chi connectivity index (χ1) is 21.6. The van der Waals surface area contributed by atoms with E-state index in [9.17, 15) is 39.6 Å². The third-order valence-corrected chi connectivity index (χ3v) is 8.54. The maximum Gasteiger partial charge on any atom is 0.416 e. The van der Waals surface area contributed by atoms with Crippen LogP contribution in [0.3, 0.4) is 0 Å². The van der Waals surface area contributed by atoms with Crippen molar-refractivity contribution in [2.75, 3.05) is 35.4 Å². The Bertz CT molecular complexity index is 1590. The molecule has 1 saturated carbocycles. The molecular formula is C30H35F6N5O4S. The van der Waals surface area contributed by atoms with Gasteiger partial charge in [-0.25, -0.2) is 18.4 Å². The van der Waals surface area contributed by atoms with Crippen molar-refractivity contribution in [1.29, 1.82) is 0 Å². The summed E-state index contributed by atoms with van der Waals surface area (Å²) in [7, 11) is -3.22. The lowest BCUT2D eigenvalue weighted by Crippen LogP contribution is -2.28. The van der Waals surface area contributed by atoms with Gasteiger partial charge in [-0.05, 0) is 48.6 Å². The number of alkyl halides is 6. The summed E-state index contributed by atoms with van der Waals surface area (Å²) < 4.78 is 110. The Morgan fingerprint density at radius 3 is 2.22 bits per heavy atom. The standard InChI is InChI=1S/C30H35F6N5O4S/c1-46(43,44)12-11-45-24-16-37-28(38-17-24)39-18-25-26(8-9-27(42)40-25)41(10-4-7-20-5-2-3-6-20)19-21-13-22(29(31,32)33)15-23(14-21)30(34,35)36/h8-9,13-17,20H,2-7,10-12,18-19H2,1H3,(H,40,42)(H,37,38,39). The number of rotatable bonds is 14. The van der Waals surface area contributed by atoms with E-state index in [2.05, 4.69) is 20.3 Å². The largest absolute Gasteiger partial charge is 0.489 e. The number of anilines is 2. The molecule has 16 heteroatoms. The highest BCUT2D eigenvalue weighted by Gasteiger charge is 2.37. The molecule has 2 heterocycles. The SMILES string of the molecule is CS(=O)(=O)CCOc1cnc(NCc2[nH]c(=O)ccc2N(CCCC2CCCC2)Cc2cc(C(F)(F)F)cc(C(F)(F)F)c2)nc1. The van der Waals surface area contributed by atoms with E-state index in [1.54, 1.807) is 4.90 Å². The van der Waals surface area contributed by atoms with E-state index in [0.29, 0.717) is 30.3 Å². The average molecular weight is 676 g/mol. The summed E-state index contributed by atoms with van der Waals surface area (Å²) in [6.45, 7) is -0.0679. The fraction of sp³-hybridized carbons (Fsp3) is 0.500. The molecule has 1 aliphatic carbocycles. The molecule has 0 spiro atoms. The van der Waals surface area contributed by atoms with E-state index in [1.807, 2.05) is 0 Å². The van der Waals surface area contributed by atoms with Crippen molar-refractivity contribution in [1.82, 2.24) is 15.0 Å². The Morgan fingerprint density at radius 1 is 1.00 bits per heavy atom. The minimum Gasteiger partial charge on any atom is -0.489 e. The van der Waals surface area contributed by atoms with E-state index < -0.39 is 38.9 Å². The summed E-state index contributed by atoms with van der Waals surface area (Å²) in [6.07, 6.45) is -0.304. The summed E-state index contributed by atoms with van der Waals surface area (Å²) in [5.74, 6) is 0.688. The molecule has 1 aromatic carbocycles. The lowest BCUT2D eigenvalue weighted by atomic mass is 10.0. The highest BCUT2D eigenvalue weighted by molar-refractivity contribution is 7.90. The zero-order chi connectivity index (χ0) is 33.5. The van der Waals surface area contributed by atoms with E-state index in [0.717, 1.165) is 50.5 Å². The van der Waals surface area contributed by atoms with Gasteiger partial charge in [0.25, 0.3) is 0 Å². The van der Waals surface area contributed by atoms with Gasteiger partial charge in [0, 0.05) is 25.4 Å². The molecule has 46 heavy (non-hydrogen) atoms. The molecular weight excluding hydrogens is 640 g/mol. The summed E-state index contributed by atoms with van der Waals surface area (Å²) in [6, 6.07) is 4.27. The van der Waals surface area contributed by atoms with E-state index in [1.165, 1.54) is 24.5 Å². The van der Waals surface area contributed by atoms with E-state index in [4.69, 9.17) is 4.74 Å². The lowest BCUT2D eigenvalue weighted by Gasteiger charge is -2.28. The van der Waals surface area contributed by atoms with Gasteiger partial charge in [0.05, 0.1) is 47.2 Å². The smallest absolute Gasteiger partial charge is 0.416 e. The second-order valence-corrected chi connectivity index (χ2v) is 13.6. The number of sulfone groups is 1. The van der Waals surface area contributed by atoms with Crippen molar-refractivity contribution in [3.8, 4) is 5.75 Å². The number of hydrogen-bond acceptors (Lipinski definition) is 8. The molecule has 0 amide bonds. The summed E-state index contributed by atoms with van der Waals surface area (Å²) in [5.41, 5.74) is -2.68. The molecule has 0 atom stereocenters. The maximum atomic E-state index is 13.6. The van der Waals surface area contributed by atoms with Crippen LogP contribution in [0, 0.1) is 5.92 Å². The van der Waals surface area contributed by atoms with Gasteiger partial charge < -0.3 is 19.9 Å². The minimum atomic E-state index is -4.98. The van der Waals surface area contributed by atoms with E-state index >= 15 is 0 Å². The first-order valence-corrected chi connectivity index (χ1v) is 16.7. The van der Waals surface area contributed by atoms with Crippen molar-refractivity contribution in [3.05, 3.63) is 75.5 Å². The van der Waals surface area contributed by atoms with E-state index in [-0.39, 0.29) is 48.8 Å². The molecule has 0 bridgehead atoms. The summed E-state index contributed by atoms with van der Waals surface area (Å²) in [5, 5.41) is 2.95. The average Bonchev–Trinajstić information content (AvgIpc) is 3.48. The van der Waals surface area contributed by atoms with Crippen molar-refractivity contribution in [3.63, 3.8) is 0 Å². The number of aromatic nitrogens is 3. The Morgan fingerprint density at radius 2 is 1.63 bits per heavy atom. The van der Waals surface area contributed by atoms with Gasteiger partial charge in [-0.2, -0.15) is 26.3 Å². The fourth-order valence-corrected chi connectivity index (χ4v) is 5.77. The van der Waals surface area contributed by atoms with Crippen LogP contribution in [0.25, 0.3) is 0 Å². The molecule has 0 aliphatic heterocycles. The molecule has 2 N–H and O–H groups in total. The van der Waals surface area contributed by atoms with Crippen molar-refractivity contribution >= 4 is 21.5 Å². The van der Waals surface area contributed by atoms with Gasteiger partial charge in [-0.3, -0.25) is 4.79 Å². The quantitative estimate of drug-likeness (QED) is 0.194. The molecule has 9 nitrogen and oxygen atoms in total. The first kappa shape index (κ1) is 35.0. The van der Waals surface area contributed by atoms with Crippen LogP contribution in [-0.2, 0) is 35.3 Å². The van der Waals surface area contributed by atoms with Crippen LogP contribution in [0.4, 0.5) is 38.0 Å². The van der Waals surface area contributed by atoms with Crippen molar-refractivity contribution in [2.24, 2.45) is 5.92 Å². The number of halogens is 6. The zero-order valence-electron chi connectivity index (χ0n) is 25.0. The number of nitrogens with zero attached hydrogens (tertiary/aromatic N) is 3. The number of pyridine rings is 1. The Balaban J connectivity index is 1.58. The molecule has 3 aromatic rings. The third-order valence-electron chi connectivity index (χ3n) is 7.63.